The molecule has 12 heteroatoms. The van der Waals surface area contributed by atoms with Crippen molar-refractivity contribution in [3.8, 4) is 22.7 Å². The predicted octanol–water partition coefficient (Wildman–Crippen LogP) is 6.77. The summed E-state index contributed by atoms with van der Waals surface area (Å²) in [5.74, 6) is -1.53. The van der Waals surface area contributed by atoms with Crippen molar-refractivity contribution in [1.29, 1.82) is 0 Å². The first-order valence-corrected chi connectivity index (χ1v) is 10.6. The zero-order valence-electron chi connectivity index (χ0n) is 18.6. The molecule has 3 aromatic carbocycles. The fourth-order valence-corrected chi connectivity index (χ4v) is 3.49. The van der Waals surface area contributed by atoms with Gasteiger partial charge in [-0.05, 0) is 48.5 Å². The minimum Gasteiger partial charge on any atom is -0.478 e. The van der Waals surface area contributed by atoms with Gasteiger partial charge >= 0.3 is 18.5 Å². The van der Waals surface area contributed by atoms with E-state index in [0.717, 1.165) is 24.3 Å². The molecule has 0 atom stereocenters. The predicted molar refractivity (Wildman–Crippen MR) is 121 cm³/mol. The molecule has 0 fully saturated rings. The molecule has 0 radical (unpaired) electrons. The van der Waals surface area contributed by atoms with Gasteiger partial charge in [0.05, 0.1) is 22.5 Å². The van der Waals surface area contributed by atoms with Gasteiger partial charge in [0.2, 0.25) is 0 Å². The zero-order chi connectivity index (χ0) is 26.8. The molecule has 0 spiro atoms. The molecule has 0 aliphatic rings. The van der Waals surface area contributed by atoms with E-state index in [-0.39, 0.29) is 12.1 Å². The number of carboxylic acid groups (broad SMARTS) is 1. The van der Waals surface area contributed by atoms with Crippen LogP contribution in [0.3, 0.4) is 0 Å². The molecular formula is C25H17F6N3O3. The Morgan fingerprint density at radius 3 is 2.22 bits per heavy atom. The lowest BCUT2D eigenvalue weighted by atomic mass is 10.1. The third-order valence-electron chi connectivity index (χ3n) is 5.21. The van der Waals surface area contributed by atoms with Crippen LogP contribution in [0.25, 0.3) is 16.9 Å². The number of carboxylic acids is 1. The van der Waals surface area contributed by atoms with Crippen molar-refractivity contribution in [2.75, 3.05) is 5.32 Å². The number of alkyl halides is 6. The molecule has 6 nitrogen and oxygen atoms in total. The summed E-state index contributed by atoms with van der Waals surface area (Å²) in [5.41, 5.74) is 1.24. The van der Waals surface area contributed by atoms with E-state index in [1.54, 1.807) is 6.20 Å². The quantitative estimate of drug-likeness (QED) is 0.263. The third-order valence-corrected chi connectivity index (χ3v) is 5.21. The fraction of sp³-hybridized carbons (Fsp3) is 0.120. The largest absolute Gasteiger partial charge is 0.573 e. The van der Waals surface area contributed by atoms with Gasteiger partial charge in [0.15, 0.2) is 0 Å². The van der Waals surface area contributed by atoms with Crippen molar-refractivity contribution < 1.29 is 41.0 Å². The molecule has 4 rings (SSSR count). The van der Waals surface area contributed by atoms with E-state index in [0.29, 0.717) is 28.2 Å². The summed E-state index contributed by atoms with van der Waals surface area (Å²) in [5, 5.41) is 16.5. The molecule has 1 aromatic heterocycles. The number of nitrogens with one attached hydrogen (secondary N) is 1. The van der Waals surface area contributed by atoms with Crippen LogP contribution in [0.15, 0.2) is 79.0 Å². The van der Waals surface area contributed by atoms with Crippen molar-refractivity contribution in [3.05, 3.63) is 95.7 Å². The standard InChI is InChI=1S/C25H17F6N3O3/c26-24(27,28)18-8-4-15(5-9-18)22-17(13-32-19-2-1-3-21(12-19)37-25(29,30)31)14-34(33-22)20-10-6-16(7-11-20)23(35)36/h1-12,14,32H,13H2,(H,35,36). The van der Waals surface area contributed by atoms with Crippen molar-refractivity contribution in [3.63, 3.8) is 0 Å². The molecule has 0 amide bonds. The van der Waals surface area contributed by atoms with E-state index in [1.807, 2.05) is 0 Å². The summed E-state index contributed by atoms with van der Waals surface area (Å²) in [7, 11) is 0. The first-order chi connectivity index (χ1) is 17.4. The number of aromatic nitrogens is 2. The Bertz CT molecular complexity index is 1400. The van der Waals surface area contributed by atoms with Gasteiger partial charge in [-0.1, -0.05) is 18.2 Å². The number of aromatic carboxylic acids is 1. The van der Waals surface area contributed by atoms with Crippen LogP contribution >= 0.6 is 0 Å². The number of hydrogen-bond donors (Lipinski definition) is 2. The van der Waals surface area contributed by atoms with E-state index in [1.165, 1.54) is 53.2 Å². The normalized spacial score (nSPS) is 11.8. The number of nitrogens with zero attached hydrogens (tertiary/aromatic N) is 2. The fourth-order valence-electron chi connectivity index (χ4n) is 3.49. The molecule has 0 bridgehead atoms. The van der Waals surface area contributed by atoms with Gasteiger partial charge in [-0.25, -0.2) is 9.48 Å². The van der Waals surface area contributed by atoms with Crippen LogP contribution in [0.2, 0.25) is 0 Å². The summed E-state index contributed by atoms with van der Waals surface area (Å²) < 4.78 is 82.0. The van der Waals surface area contributed by atoms with Crippen LogP contribution in [-0.2, 0) is 12.7 Å². The van der Waals surface area contributed by atoms with Gasteiger partial charge in [0.25, 0.3) is 0 Å². The Morgan fingerprint density at radius 2 is 1.62 bits per heavy atom. The topological polar surface area (TPSA) is 76.4 Å². The van der Waals surface area contributed by atoms with Crippen LogP contribution in [0.1, 0.15) is 21.5 Å². The van der Waals surface area contributed by atoms with Gasteiger partial charge < -0.3 is 15.2 Å². The van der Waals surface area contributed by atoms with Gasteiger partial charge in [-0.3, -0.25) is 0 Å². The average molecular weight is 521 g/mol. The van der Waals surface area contributed by atoms with Crippen molar-refractivity contribution in [2.45, 2.75) is 19.1 Å². The Morgan fingerprint density at radius 1 is 0.946 bits per heavy atom. The van der Waals surface area contributed by atoms with E-state index in [2.05, 4.69) is 15.2 Å². The highest BCUT2D eigenvalue weighted by atomic mass is 19.4. The van der Waals surface area contributed by atoms with Crippen LogP contribution < -0.4 is 10.1 Å². The van der Waals surface area contributed by atoms with Crippen molar-refractivity contribution in [1.82, 2.24) is 9.78 Å². The number of rotatable bonds is 7. The Hall–Kier alpha value is -4.48. The maximum atomic E-state index is 13.0. The Kier molecular flexibility index (Phi) is 6.84. The maximum absolute atomic E-state index is 13.0. The lowest BCUT2D eigenvalue weighted by Crippen LogP contribution is -2.17. The second-order valence-electron chi connectivity index (χ2n) is 7.80. The first-order valence-electron chi connectivity index (χ1n) is 10.6. The van der Waals surface area contributed by atoms with Crippen molar-refractivity contribution in [2.24, 2.45) is 0 Å². The number of benzene rings is 3. The summed E-state index contributed by atoms with van der Waals surface area (Å²) in [6.45, 7) is 0.0546. The smallest absolute Gasteiger partial charge is 0.478 e. The van der Waals surface area contributed by atoms with Gasteiger partial charge in [0, 0.05) is 35.6 Å². The second-order valence-corrected chi connectivity index (χ2v) is 7.80. The minimum atomic E-state index is -4.86. The highest BCUT2D eigenvalue weighted by Crippen LogP contribution is 2.32. The first kappa shape index (κ1) is 25.6. The maximum Gasteiger partial charge on any atom is 0.573 e. The Balaban J connectivity index is 1.66. The van der Waals surface area contributed by atoms with E-state index >= 15 is 0 Å². The van der Waals surface area contributed by atoms with Gasteiger partial charge in [-0.2, -0.15) is 18.3 Å². The molecule has 0 aliphatic heterocycles. The number of hydrogen-bond acceptors (Lipinski definition) is 4. The molecule has 1 heterocycles. The Labute approximate surface area is 205 Å². The molecule has 2 N–H and O–H groups in total. The second kappa shape index (κ2) is 9.88. The van der Waals surface area contributed by atoms with Crippen LogP contribution in [0, 0.1) is 0 Å². The van der Waals surface area contributed by atoms with Crippen LogP contribution in [0.4, 0.5) is 32.0 Å². The molecule has 4 aromatic rings. The van der Waals surface area contributed by atoms with Crippen LogP contribution in [0.5, 0.6) is 5.75 Å². The highest BCUT2D eigenvalue weighted by Gasteiger charge is 2.31. The van der Waals surface area contributed by atoms with Crippen molar-refractivity contribution >= 4 is 11.7 Å². The molecule has 37 heavy (non-hydrogen) atoms. The van der Waals surface area contributed by atoms with E-state index in [9.17, 15) is 31.1 Å². The molecular weight excluding hydrogens is 504 g/mol. The summed E-state index contributed by atoms with van der Waals surface area (Å²) >= 11 is 0. The summed E-state index contributed by atoms with van der Waals surface area (Å²) in [4.78, 5) is 11.1. The number of carbonyl (C=O) groups is 1. The highest BCUT2D eigenvalue weighted by molar-refractivity contribution is 5.87. The minimum absolute atomic E-state index is 0.0546. The molecule has 0 aliphatic carbocycles. The monoisotopic (exact) mass is 521 g/mol. The number of ether oxygens (including phenoxy) is 1. The lowest BCUT2D eigenvalue weighted by molar-refractivity contribution is -0.274. The summed E-state index contributed by atoms with van der Waals surface area (Å²) in [6.07, 6.45) is -7.78. The number of halogens is 6. The molecule has 0 saturated carbocycles. The molecule has 0 unspecified atom stereocenters. The third kappa shape index (κ3) is 6.40. The number of anilines is 1. The summed E-state index contributed by atoms with van der Waals surface area (Å²) in [6, 6.07) is 15.4. The van der Waals surface area contributed by atoms with Crippen LogP contribution in [-0.4, -0.2) is 27.2 Å². The van der Waals surface area contributed by atoms with Gasteiger partial charge in [-0.15, -0.1) is 13.2 Å². The van der Waals surface area contributed by atoms with Gasteiger partial charge in [0.1, 0.15) is 5.75 Å². The molecule has 192 valence electrons. The zero-order valence-corrected chi connectivity index (χ0v) is 18.6. The van der Waals surface area contributed by atoms with E-state index in [4.69, 9.17) is 5.11 Å². The SMILES string of the molecule is O=C(O)c1ccc(-n2cc(CNc3cccc(OC(F)(F)F)c3)c(-c3ccc(C(F)(F)F)cc3)n2)cc1. The average Bonchev–Trinajstić information content (AvgIpc) is 3.26. The van der Waals surface area contributed by atoms with E-state index < -0.39 is 29.8 Å². The lowest BCUT2D eigenvalue weighted by Gasteiger charge is -2.11. The molecule has 0 saturated heterocycles.